The summed E-state index contributed by atoms with van der Waals surface area (Å²) in [6.07, 6.45) is 3.90. The molecule has 0 aliphatic rings. The summed E-state index contributed by atoms with van der Waals surface area (Å²) in [6.45, 7) is 0. The van der Waals surface area contributed by atoms with E-state index in [9.17, 15) is 9.90 Å². The fourth-order valence-electron chi connectivity index (χ4n) is 0.958. The molecule has 1 aromatic heterocycles. The van der Waals surface area contributed by atoms with Crippen molar-refractivity contribution < 1.29 is 19.1 Å². The molecule has 0 amide bonds. The lowest BCUT2D eigenvalue weighted by molar-refractivity contribution is -0.134. The highest BCUT2D eigenvalue weighted by molar-refractivity contribution is 5.81. The summed E-state index contributed by atoms with van der Waals surface area (Å²) in [6, 6.07) is 3.37. The largest absolute Gasteiger partial charge is 0.467 e. The Labute approximate surface area is 81.8 Å². The van der Waals surface area contributed by atoms with Gasteiger partial charge in [-0.15, -0.1) is 0 Å². The van der Waals surface area contributed by atoms with Gasteiger partial charge >= 0.3 is 5.97 Å². The van der Waals surface area contributed by atoms with Gasteiger partial charge in [0.15, 0.2) is 0 Å². The molecule has 0 aromatic carbocycles. The molecule has 0 spiro atoms. The monoisotopic (exact) mass is 196 g/mol. The van der Waals surface area contributed by atoms with Crippen molar-refractivity contribution in [2.75, 3.05) is 7.11 Å². The van der Waals surface area contributed by atoms with Crippen LogP contribution in [0.1, 0.15) is 18.3 Å². The molecule has 1 rings (SSSR count). The minimum Gasteiger partial charge on any atom is -0.467 e. The Morgan fingerprint density at radius 3 is 3.14 bits per heavy atom. The van der Waals surface area contributed by atoms with E-state index >= 15 is 0 Å². The summed E-state index contributed by atoms with van der Waals surface area (Å²) >= 11 is 0. The molecule has 1 aromatic rings. The Hall–Kier alpha value is -1.55. The molecule has 0 aliphatic heterocycles. The van der Waals surface area contributed by atoms with E-state index in [1.807, 2.05) is 0 Å². The summed E-state index contributed by atoms with van der Waals surface area (Å²) in [4.78, 5) is 10.7. The maximum atomic E-state index is 10.7. The smallest absolute Gasteiger partial charge is 0.330 e. The first-order chi connectivity index (χ1) is 6.74. The van der Waals surface area contributed by atoms with Crippen LogP contribution in [0, 0.1) is 0 Å². The Morgan fingerprint density at radius 1 is 1.79 bits per heavy atom. The molecule has 0 saturated heterocycles. The first-order valence-electron chi connectivity index (χ1n) is 4.20. The number of furan rings is 1. The first-order valence-corrected chi connectivity index (χ1v) is 4.20. The van der Waals surface area contributed by atoms with E-state index in [0.29, 0.717) is 12.2 Å². The molecule has 0 bridgehead atoms. The average molecular weight is 196 g/mol. The molecule has 1 atom stereocenters. The van der Waals surface area contributed by atoms with Crippen molar-refractivity contribution in [1.82, 2.24) is 0 Å². The van der Waals surface area contributed by atoms with E-state index in [-0.39, 0.29) is 0 Å². The third-order valence-electron chi connectivity index (χ3n) is 1.69. The van der Waals surface area contributed by atoms with Crippen molar-refractivity contribution in [2.24, 2.45) is 0 Å². The Bertz CT molecular complexity index is 300. The van der Waals surface area contributed by atoms with Gasteiger partial charge in [0, 0.05) is 6.08 Å². The SMILES string of the molecule is COC(=O)/C=C/C[C@@H](O)c1ccco1. The summed E-state index contributed by atoms with van der Waals surface area (Å²) in [5.41, 5.74) is 0. The van der Waals surface area contributed by atoms with Crippen LogP contribution >= 0.6 is 0 Å². The van der Waals surface area contributed by atoms with E-state index in [4.69, 9.17) is 4.42 Å². The summed E-state index contributed by atoms with van der Waals surface area (Å²) in [7, 11) is 1.30. The van der Waals surface area contributed by atoms with Gasteiger partial charge in [-0.3, -0.25) is 0 Å². The molecule has 0 radical (unpaired) electrons. The van der Waals surface area contributed by atoms with Gasteiger partial charge in [-0.25, -0.2) is 4.79 Å². The third kappa shape index (κ3) is 3.06. The van der Waals surface area contributed by atoms with Crippen LogP contribution in [0.2, 0.25) is 0 Å². The molecule has 0 saturated carbocycles. The topological polar surface area (TPSA) is 59.7 Å². The molecule has 0 fully saturated rings. The Balaban J connectivity index is 2.39. The van der Waals surface area contributed by atoms with E-state index in [1.165, 1.54) is 19.4 Å². The first kappa shape index (κ1) is 10.5. The Kier molecular flexibility index (Phi) is 3.94. The molecular formula is C10H12O4. The van der Waals surface area contributed by atoms with Crippen molar-refractivity contribution in [3.8, 4) is 0 Å². The number of rotatable bonds is 4. The van der Waals surface area contributed by atoms with Crippen LogP contribution in [0.3, 0.4) is 0 Å². The maximum Gasteiger partial charge on any atom is 0.330 e. The van der Waals surface area contributed by atoms with Crippen LogP contribution < -0.4 is 0 Å². The van der Waals surface area contributed by atoms with Crippen LogP contribution in [0.15, 0.2) is 35.0 Å². The van der Waals surface area contributed by atoms with Gasteiger partial charge in [-0.1, -0.05) is 6.08 Å². The zero-order chi connectivity index (χ0) is 10.4. The van der Waals surface area contributed by atoms with Gasteiger partial charge in [0.1, 0.15) is 11.9 Å². The van der Waals surface area contributed by atoms with Crippen LogP contribution in [0.25, 0.3) is 0 Å². The average Bonchev–Trinajstić information content (AvgIpc) is 2.70. The highest BCUT2D eigenvalue weighted by atomic mass is 16.5. The minimum atomic E-state index is -0.717. The molecule has 4 heteroatoms. The molecule has 0 unspecified atom stereocenters. The lowest BCUT2D eigenvalue weighted by Gasteiger charge is -2.02. The van der Waals surface area contributed by atoms with Gasteiger partial charge in [-0.05, 0) is 18.6 Å². The summed E-state index contributed by atoms with van der Waals surface area (Å²) in [5.74, 6) is 0.0520. The predicted octanol–water partition coefficient (Wildman–Crippen LogP) is 1.43. The third-order valence-corrected chi connectivity index (χ3v) is 1.69. The van der Waals surface area contributed by atoms with Gasteiger partial charge in [0.05, 0.1) is 13.4 Å². The number of aliphatic hydroxyl groups excluding tert-OH is 1. The Morgan fingerprint density at radius 2 is 2.57 bits per heavy atom. The zero-order valence-electron chi connectivity index (χ0n) is 7.84. The molecule has 1 heterocycles. The highest BCUT2D eigenvalue weighted by Gasteiger charge is 2.07. The molecule has 1 N–H and O–H groups in total. The number of esters is 1. The van der Waals surface area contributed by atoms with E-state index in [0.717, 1.165) is 0 Å². The van der Waals surface area contributed by atoms with E-state index in [2.05, 4.69) is 4.74 Å². The van der Waals surface area contributed by atoms with Crippen molar-refractivity contribution in [2.45, 2.75) is 12.5 Å². The van der Waals surface area contributed by atoms with Crippen LogP contribution in [-0.2, 0) is 9.53 Å². The highest BCUT2D eigenvalue weighted by Crippen LogP contribution is 2.16. The second kappa shape index (κ2) is 5.24. The van der Waals surface area contributed by atoms with Crippen LogP contribution in [-0.4, -0.2) is 18.2 Å². The summed E-state index contributed by atoms with van der Waals surface area (Å²) < 4.78 is 9.37. The van der Waals surface area contributed by atoms with Crippen LogP contribution in [0.4, 0.5) is 0 Å². The minimum absolute atomic E-state index is 0.322. The van der Waals surface area contributed by atoms with Gasteiger partial charge < -0.3 is 14.3 Å². The number of ether oxygens (including phenoxy) is 1. The van der Waals surface area contributed by atoms with Gasteiger partial charge in [0.25, 0.3) is 0 Å². The van der Waals surface area contributed by atoms with E-state index < -0.39 is 12.1 Å². The zero-order valence-corrected chi connectivity index (χ0v) is 7.84. The van der Waals surface area contributed by atoms with Crippen molar-refractivity contribution in [3.05, 3.63) is 36.3 Å². The molecule has 4 nitrogen and oxygen atoms in total. The molecule has 14 heavy (non-hydrogen) atoms. The second-order valence-electron chi connectivity index (χ2n) is 2.69. The maximum absolute atomic E-state index is 10.7. The number of aliphatic hydroxyl groups is 1. The second-order valence-corrected chi connectivity index (χ2v) is 2.69. The molecule has 76 valence electrons. The summed E-state index contributed by atoms with van der Waals surface area (Å²) in [5, 5.41) is 9.50. The normalized spacial score (nSPS) is 13.0. The van der Waals surface area contributed by atoms with Crippen molar-refractivity contribution >= 4 is 5.97 Å². The van der Waals surface area contributed by atoms with Gasteiger partial charge in [-0.2, -0.15) is 0 Å². The predicted molar refractivity (Wildman–Crippen MR) is 49.4 cm³/mol. The molecular weight excluding hydrogens is 184 g/mol. The van der Waals surface area contributed by atoms with Gasteiger partial charge in [0.2, 0.25) is 0 Å². The van der Waals surface area contributed by atoms with Crippen molar-refractivity contribution in [1.29, 1.82) is 0 Å². The number of carbonyl (C=O) groups excluding carboxylic acids is 1. The van der Waals surface area contributed by atoms with Crippen molar-refractivity contribution in [3.63, 3.8) is 0 Å². The number of hydrogen-bond donors (Lipinski definition) is 1. The standard InChI is InChI=1S/C10H12O4/c1-13-10(12)6-2-4-8(11)9-5-3-7-14-9/h2-3,5-8,11H,4H2,1H3/b6-2+/t8-/m1/s1. The lowest BCUT2D eigenvalue weighted by atomic mass is 10.2. The number of methoxy groups -OCH3 is 1. The van der Waals surface area contributed by atoms with E-state index in [1.54, 1.807) is 18.2 Å². The number of carbonyl (C=O) groups is 1. The van der Waals surface area contributed by atoms with Crippen LogP contribution in [0.5, 0.6) is 0 Å². The fourth-order valence-corrected chi connectivity index (χ4v) is 0.958. The number of hydrogen-bond acceptors (Lipinski definition) is 4. The lowest BCUT2D eigenvalue weighted by Crippen LogP contribution is -1.96. The quantitative estimate of drug-likeness (QED) is 0.584. The molecule has 0 aliphatic carbocycles. The fraction of sp³-hybridized carbons (Fsp3) is 0.300.